The number of carbonyl (C=O) groups is 2. The zero-order chi connectivity index (χ0) is 21.6. The predicted octanol–water partition coefficient (Wildman–Crippen LogP) is 4.07. The second kappa shape index (κ2) is 7.55. The Morgan fingerprint density at radius 1 is 1.03 bits per heavy atom. The highest BCUT2D eigenvalue weighted by atomic mass is 35.5. The van der Waals surface area contributed by atoms with E-state index >= 15 is 0 Å². The van der Waals surface area contributed by atoms with Crippen molar-refractivity contribution in [2.45, 2.75) is 31.8 Å². The van der Waals surface area contributed by atoms with Crippen molar-refractivity contribution >= 4 is 29.1 Å². The van der Waals surface area contributed by atoms with Crippen LogP contribution in [0, 0.1) is 5.82 Å². The van der Waals surface area contributed by atoms with Crippen LogP contribution in [0.1, 0.15) is 17.5 Å². The first-order chi connectivity index (χ1) is 14.1. The number of ether oxygens (including phenoxy) is 1. The van der Waals surface area contributed by atoms with E-state index in [0.717, 1.165) is 17.0 Å². The molecule has 1 unspecified atom stereocenters. The van der Waals surface area contributed by atoms with Crippen LogP contribution in [-0.4, -0.2) is 35.7 Å². The van der Waals surface area contributed by atoms with Crippen LogP contribution in [-0.2, 0) is 22.6 Å². The number of imide groups is 1. The number of rotatable bonds is 3. The van der Waals surface area contributed by atoms with Gasteiger partial charge in [-0.3, -0.25) is 14.5 Å². The number of halogens is 5. The molecule has 0 spiro atoms. The minimum Gasteiger partial charge on any atom is -0.406 e. The van der Waals surface area contributed by atoms with Gasteiger partial charge in [-0.05, 0) is 48.4 Å². The minimum atomic E-state index is -4.84. The first-order valence-electron chi connectivity index (χ1n) is 9.06. The van der Waals surface area contributed by atoms with Crippen LogP contribution in [0.15, 0.2) is 36.4 Å². The summed E-state index contributed by atoms with van der Waals surface area (Å²) in [5, 5.41) is 0.461. The van der Waals surface area contributed by atoms with Gasteiger partial charge in [-0.15, -0.1) is 13.2 Å². The number of hydrogen-bond acceptors (Lipinski definition) is 4. The molecule has 1 fully saturated rings. The summed E-state index contributed by atoms with van der Waals surface area (Å²) in [4.78, 5) is 28.1. The van der Waals surface area contributed by atoms with Crippen molar-refractivity contribution in [3.8, 4) is 5.75 Å². The maximum Gasteiger partial charge on any atom is 0.573 e. The first kappa shape index (κ1) is 20.6. The molecule has 0 radical (unpaired) electrons. The van der Waals surface area contributed by atoms with Gasteiger partial charge < -0.3 is 4.74 Å². The molecule has 0 N–H and O–H groups in total. The number of hydrogen-bond donors (Lipinski definition) is 0. The van der Waals surface area contributed by atoms with Gasteiger partial charge in [-0.2, -0.15) is 0 Å². The van der Waals surface area contributed by atoms with E-state index in [1.165, 1.54) is 24.3 Å². The Morgan fingerprint density at radius 2 is 1.73 bits per heavy atom. The van der Waals surface area contributed by atoms with E-state index in [1.807, 2.05) is 0 Å². The zero-order valence-electron chi connectivity index (χ0n) is 15.4. The van der Waals surface area contributed by atoms with Crippen LogP contribution in [0.25, 0.3) is 0 Å². The Hall–Kier alpha value is -2.65. The van der Waals surface area contributed by atoms with E-state index < -0.39 is 35.8 Å². The molecule has 2 aromatic rings. The average Bonchev–Trinajstić information content (AvgIpc) is 2.98. The first-order valence-corrected chi connectivity index (χ1v) is 9.44. The summed E-state index contributed by atoms with van der Waals surface area (Å²) in [5.74, 6) is -1.86. The number of nitrogens with zero attached hydrogens (tertiary/aromatic N) is 2. The number of carbonyl (C=O) groups excluding carboxylic acids is 2. The average molecular weight is 443 g/mol. The maximum absolute atomic E-state index is 14.2. The molecule has 5 nitrogen and oxygen atoms in total. The van der Waals surface area contributed by atoms with Crippen LogP contribution in [0.3, 0.4) is 0 Å². The van der Waals surface area contributed by atoms with Crippen molar-refractivity contribution in [1.29, 1.82) is 0 Å². The molecule has 0 bridgehead atoms. The lowest BCUT2D eigenvalue weighted by Gasteiger charge is -2.32. The molecule has 2 aromatic carbocycles. The third-order valence-corrected chi connectivity index (χ3v) is 5.57. The molecular formula is C20H15ClF4N2O3. The SMILES string of the molecule is O=C1CC(N2CCc3c(Cl)ccc(F)c3C2)C(=O)N1c1ccc(OC(F)(F)F)cc1. The van der Waals surface area contributed by atoms with E-state index in [2.05, 4.69) is 4.74 Å². The highest BCUT2D eigenvalue weighted by Gasteiger charge is 2.44. The lowest BCUT2D eigenvalue weighted by molar-refractivity contribution is -0.274. The van der Waals surface area contributed by atoms with Crippen molar-refractivity contribution in [1.82, 2.24) is 4.90 Å². The number of anilines is 1. The molecule has 0 aliphatic carbocycles. The Kier molecular flexibility index (Phi) is 5.19. The topological polar surface area (TPSA) is 49.9 Å². The fourth-order valence-electron chi connectivity index (χ4n) is 3.85. The Morgan fingerprint density at radius 3 is 2.40 bits per heavy atom. The van der Waals surface area contributed by atoms with E-state index in [9.17, 15) is 27.2 Å². The fourth-order valence-corrected chi connectivity index (χ4v) is 4.12. The van der Waals surface area contributed by atoms with Crippen molar-refractivity contribution in [3.63, 3.8) is 0 Å². The largest absolute Gasteiger partial charge is 0.573 e. The van der Waals surface area contributed by atoms with Crippen molar-refractivity contribution < 1.29 is 31.9 Å². The fraction of sp³-hybridized carbons (Fsp3) is 0.300. The summed E-state index contributed by atoms with van der Waals surface area (Å²) in [6, 6.07) is 6.47. The van der Waals surface area contributed by atoms with Crippen molar-refractivity contribution in [3.05, 3.63) is 58.4 Å². The third kappa shape index (κ3) is 3.87. The lowest BCUT2D eigenvalue weighted by Crippen LogP contribution is -2.44. The van der Waals surface area contributed by atoms with Gasteiger partial charge in [-0.25, -0.2) is 9.29 Å². The molecule has 158 valence electrons. The third-order valence-electron chi connectivity index (χ3n) is 5.22. The summed E-state index contributed by atoms with van der Waals surface area (Å²) in [5.41, 5.74) is 1.25. The predicted molar refractivity (Wildman–Crippen MR) is 99.5 cm³/mol. The van der Waals surface area contributed by atoms with Gasteiger partial charge in [0.2, 0.25) is 5.91 Å². The minimum absolute atomic E-state index is 0.100. The van der Waals surface area contributed by atoms with Crippen molar-refractivity contribution in [2.75, 3.05) is 11.4 Å². The molecule has 2 amide bonds. The molecule has 1 saturated heterocycles. The molecule has 0 aromatic heterocycles. The maximum atomic E-state index is 14.2. The quantitative estimate of drug-likeness (QED) is 0.531. The summed E-state index contributed by atoms with van der Waals surface area (Å²) < 4.78 is 54.9. The second-order valence-corrected chi connectivity index (χ2v) is 7.44. The van der Waals surface area contributed by atoms with Gasteiger partial charge in [0.1, 0.15) is 11.6 Å². The molecular weight excluding hydrogens is 428 g/mol. The molecule has 30 heavy (non-hydrogen) atoms. The number of fused-ring (bicyclic) bond motifs is 1. The van der Waals surface area contributed by atoms with Crippen molar-refractivity contribution in [2.24, 2.45) is 0 Å². The zero-order valence-corrected chi connectivity index (χ0v) is 16.1. The molecule has 2 aliphatic heterocycles. The summed E-state index contributed by atoms with van der Waals surface area (Å²) in [6.45, 7) is 0.559. The molecule has 1 atom stereocenters. The van der Waals surface area contributed by atoms with E-state index in [-0.39, 0.29) is 18.7 Å². The molecule has 4 rings (SSSR count). The van der Waals surface area contributed by atoms with Crippen LogP contribution in [0.2, 0.25) is 5.02 Å². The van der Waals surface area contributed by atoms with Crippen LogP contribution in [0.5, 0.6) is 5.75 Å². The number of amides is 2. The summed E-state index contributed by atoms with van der Waals surface area (Å²) in [7, 11) is 0. The van der Waals surface area contributed by atoms with Gasteiger partial charge in [0.05, 0.1) is 18.2 Å². The van der Waals surface area contributed by atoms with Gasteiger partial charge in [0.25, 0.3) is 5.91 Å². The Bertz CT molecular complexity index is 1010. The van der Waals surface area contributed by atoms with E-state index in [1.54, 1.807) is 4.90 Å². The Balaban J connectivity index is 1.53. The van der Waals surface area contributed by atoms with Gasteiger partial charge in [-0.1, -0.05) is 11.6 Å². The van der Waals surface area contributed by atoms with Crippen LogP contribution >= 0.6 is 11.6 Å². The lowest BCUT2D eigenvalue weighted by atomic mass is 9.97. The van der Waals surface area contributed by atoms with E-state index in [0.29, 0.717) is 29.1 Å². The van der Waals surface area contributed by atoms with E-state index in [4.69, 9.17) is 11.6 Å². The van der Waals surface area contributed by atoms with Crippen LogP contribution < -0.4 is 9.64 Å². The van der Waals surface area contributed by atoms with Gasteiger partial charge in [0.15, 0.2) is 0 Å². The molecule has 2 heterocycles. The molecule has 0 saturated carbocycles. The summed E-state index contributed by atoms with van der Waals surface area (Å²) >= 11 is 6.13. The highest BCUT2D eigenvalue weighted by Crippen LogP contribution is 2.33. The molecule has 2 aliphatic rings. The van der Waals surface area contributed by atoms with Crippen LogP contribution in [0.4, 0.5) is 23.2 Å². The highest BCUT2D eigenvalue weighted by molar-refractivity contribution is 6.31. The normalized spacial score (nSPS) is 19.9. The van der Waals surface area contributed by atoms with Gasteiger partial charge in [0, 0.05) is 23.7 Å². The second-order valence-electron chi connectivity index (χ2n) is 7.04. The molecule has 10 heteroatoms. The monoisotopic (exact) mass is 442 g/mol. The summed E-state index contributed by atoms with van der Waals surface area (Å²) in [6.07, 6.45) is -4.50. The van der Waals surface area contributed by atoms with Gasteiger partial charge >= 0.3 is 6.36 Å². The smallest absolute Gasteiger partial charge is 0.406 e. The number of alkyl halides is 3. The number of benzene rings is 2. The Labute approximate surface area is 173 Å². The standard InChI is InChI=1S/C20H15ClF4N2O3/c21-15-5-6-16(22)14-10-26(8-7-13(14)15)17-9-18(28)27(19(17)29)11-1-3-12(4-2-11)30-20(23,24)25/h1-6,17H,7-10H2.